The zero-order valence-electron chi connectivity index (χ0n) is 10.6. The molecular formula is C13H18O4. The lowest BCUT2D eigenvalue weighted by Gasteiger charge is -2.15. The van der Waals surface area contributed by atoms with Gasteiger partial charge in [0.05, 0.1) is 0 Å². The van der Waals surface area contributed by atoms with Gasteiger partial charge in [0.1, 0.15) is 12.2 Å². The monoisotopic (exact) mass is 238 g/mol. The molecule has 4 heteroatoms. The Morgan fingerprint density at radius 1 is 0.941 bits per heavy atom. The highest BCUT2D eigenvalue weighted by molar-refractivity contribution is 5.87. The minimum atomic E-state index is -0.711. The molecule has 0 spiro atoms. The summed E-state index contributed by atoms with van der Waals surface area (Å²) in [6, 6.07) is 0. The van der Waals surface area contributed by atoms with Gasteiger partial charge in [-0.05, 0) is 52.0 Å². The van der Waals surface area contributed by atoms with Crippen LogP contribution in [0.5, 0.6) is 0 Å². The van der Waals surface area contributed by atoms with Gasteiger partial charge in [0.25, 0.3) is 0 Å². The lowest BCUT2D eigenvalue weighted by molar-refractivity contribution is -0.139. The van der Waals surface area contributed by atoms with Gasteiger partial charge in [-0.1, -0.05) is 0 Å². The first-order chi connectivity index (χ1) is 7.80. The SMILES string of the molecule is CC(=O)/C=C/[C@H]1OC(C)(C)O[C@@H]1/C=C/C(C)=O. The van der Waals surface area contributed by atoms with E-state index in [4.69, 9.17) is 9.47 Å². The third-order valence-electron chi connectivity index (χ3n) is 2.20. The summed E-state index contributed by atoms with van der Waals surface area (Å²) in [5.74, 6) is -0.808. The summed E-state index contributed by atoms with van der Waals surface area (Å²) in [7, 11) is 0. The van der Waals surface area contributed by atoms with Crippen molar-refractivity contribution in [2.75, 3.05) is 0 Å². The predicted octanol–water partition coefficient (Wildman–Crippen LogP) is 1.80. The van der Waals surface area contributed by atoms with E-state index in [9.17, 15) is 9.59 Å². The van der Waals surface area contributed by atoms with Crippen LogP contribution in [-0.2, 0) is 19.1 Å². The molecule has 2 atom stereocenters. The Hall–Kier alpha value is -1.26. The first-order valence-electron chi connectivity index (χ1n) is 5.53. The van der Waals surface area contributed by atoms with Gasteiger partial charge in [-0.3, -0.25) is 9.59 Å². The molecule has 4 nitrogen and oxygen atoms in total. The van der Waals surface area contributed by atoms with Gasteiger partial charge in [-0.15, -0.1) is 0 Å². The predicted molar refractivity (Wildman–Crippen MR) is 63.5 cm³/mol. The summed E-state index contributed by atoms with van der Waals surface area (Å²) in [6.45, 7) is 6.53. The van der Waals surface area contributed by atoms with Crippen molar-refractivity contribution in [2.24, 2.45) is 0 Å². The van der Waals surface area contributed by atoms with Crippen LogP contribution in [0.15, 0.2) is 24.3 Å². The van der Waals surface area contributed by atoms with Gasteiger partial charge in [-0.25, -0.2) is 0 Å². The molecule has 1 heterocycles. The summed E-state index contributed by atoms with van der Waals surface area (Å²) in [5, 5.41) is 0. The molecule has 1 saturated heterocycles. The van der Waals surface area contributed by atoms with E-state index in [0.29, 0.717) is 0 Å². The molecule has 0 radical (unpaired) electrons. The highest BCUT2D eigenvalue weighted by atomic mass is 16.7. The van der Waals surface area contributed by atoms with Gasteiger partial charge in [-0.2, -0.15) is 0 Å². The van der Waals surface area contributed by atoms with E-state index in [1.54, 1.807) is 26.0 Å². The summed E-state index contributed by atoms with van der Waals surface area (Å²) >= 11 is 0. The Morgan fingerprint density at radius 2 is 1.29 bits per heavy atom. The van der Waals surface area contributed by atoms with Gasteiger partial charge < -0.3 is 9.47 Å². The molecule has 0 aliphatic carbocycles. The largest absolute Gasteiger partial charge is 0.340 e. The molecule has 0 unspecified atom stereocenters. The minimum Gasteiger partial charge on any atom is -0.340 e. The average molecular weight is 238 g/mol. The van der Waals surface area contributed by atoms with Crippen molar-refractivity contribution in [3.8, 4) is 0 Å². The smallest absolute Gasteiger partial charge is 0.164 e. The van der Waals surface area contributed by atoms with Crippen molar-refractivity contribution < 1.29 is 19.1 Å². The zero-order valence-corrected chi connectivity index (χ0v) is 10.6. The normalized spacial score (nSPS) is 28.0. The fraction of sp³-hybridized carbons (Fsp3) is 0.538. The zero-order chi connectivity index (χ0) is 13.1. The number of hydrogen-bond acceptors (Lipinski definition) is 4. The molecule has 1 aliphatic heterocycles. The summed E-state index contributed by atoms with van der Waals surface area (Å²) < 4.78 is 11.2. The Bertz CT molecular complexity index is 332. The number of ether oxygens (including phenoxy) is 2. The van der Waals surface area contributed by atoms with Crippen LogP contribution in [0.2, 0.25) is 0 Å². The van der Waals surface area contributed by atoms with Crippen molar-refractivity contribution in [2.45, 2.75) is 45.7 Å². The number of rotatable bonds is 4. The van der Waals surface area contributed by atoms with Crippen molar-refractivity contribution in [3.63, 3.8) is 0 Å². The number of carbonyl (C=O) groups excluding carboxylic acids is 2. The van der Waals surface area contributed by atoms with E-state index in [0.717, 1.165) is 0 Å². The van der Waals surface area contributed by atoms with E-state index in [1.807, 2.05) is 0 Å². The Kier molecular flexibility index (Phi) is 4.37. The Balaban J connectivity index is 2.78. The van der Waals surface area contributed by atoms with Gasteiger partial charge in [0, 0.05) is 0 Å². The average Bonchev–Trinajstić information content (AvgIpc) is 2.47. The van der Waals surface area contributed by atoms with E-state index >= 15 is 0 Å². The topological polar surface area (TPSA) is 52.6 Å². The highest BCUT2D eigenvalue weighted by Gasteiger charge is 2.38. The van der Waals surface area contributed by atoms with Crippen molar-refractivity contribution in [1.82, 2.24) is 0 Å². The molecule has 1 rings (SSSR count). The molecule has 0 aromatic rings. The van der Waals surface area contributed by atoms with Crippen LogP contribution in [0.4, 0.5) is 0 Å². The Morgan fingerprint density at radius 3 is 1.59 bits per heavy atom. The number of ketones is 2. The molecule has 1 fully saturated rings. The van der Waals surface area contributed by atoms with E-state index in [-0.39, 0.29) is 23.8 Å². The van der Waals surface area contributed by atoms with E-state index in [1.165, 1.54) is 26.0 Å². The van der Waals surface area contributed by atoms with Crippen LogP contribution in [0.3, 0.4) is 0 Å². The highest BCUT2D eigenvalue weighted by Crippen LogP contribution is 2.29. The second-order valence-corrected chi connectivity index (χ2v) is 4.50. The maximum absolute atomic E-state index is 10.9. The second-order valence-electron chi connectivity index (χ2n) is 4.50. The van der Waals surface area contributed by atoms with Crippen LogP contribution in [-0.4, -0.2) is 29.6 Å². The van der Waals surface area contributed by atoms with Crippen molar-refractivity contribution >= 4 is 11.6 Å². The maximum Gasteiger partial charge on any atom is 0.164 e. The quantitative estimate of drug-likeness (QED) is 0.701. The number of carbonyl (C=O) groups is 2. The minimum absolute atomic E-state index is 0.0485. The van der Waals surface area contributed by atoms with Crippen molar-refractivity contribution in [1.29, 1.82) is 0 Å². The molecule has 0 aromatic carbocycles. The number of hydrogen-bond donors (Lipinski definition) is 0. The van der Waals surface area contributed by atoms with Crippen LogP contribution >= 0.6 is 0 Å². The molecule has 0 saturated carbocycles. The fourth-order valence-corrected chi connectivity index (χ4v) is 1.58. The molecule has 0 aromatic heterocycles. The van der Waals surface area contributed by atoms with Crippen LogP contribution in [0.25, 0.3) is 0 Å². The van der Waals surface area contributed by atoms with Gasteiger partial charge in [0.15, 0.2) is 17.4 Å². The maximum atomic E-state index is 10.9. The molecule has 0 N–H and O–H groups in total. The van der Waals surface area contributed by atoms with E-state index in [2.05, 4.69) is 0 Å². The Labute approximate surface area is 101 Å². The van der Waals surface area contributed by atoms with Gasteiger partial charge in [0.2, 0.25) is 0 Å². The summed E-state index contributed by atoms with van der Waals surface area (Å²) in [4.78, 5) is 21.8. The third-order valence-corrected chi connectivity index (χ3v) is 2.20. The first kappa shape index (κ1) is 13.8. The molecule has 94 valence electrons. The molecule has 1 aliphatic rings. The van der Waals surface area contributed by atoms with Gasteiger partial charge >= 0.3 is 0 Å². The standard InChI is InChI=1S/C13H18O4/c1-9(14)5-7-11-12(8-6-10(2)15)17-13(3,4)16-11/h5-8,11-12H,1-4H3/b7-5+,8-6+/t11-,12-/m1/s1. The summed E-state index contributed by atoms with van der Waals surface area (Å²) in [6.07, 6.45) is 5.53. The summed E-state index contributed by atoms with van der Waals surface area (Å²) in [5.41, 5.74) is 0. The van der Waals surface area contributed by atoms with Crippen LogP contribution in [0.1, 0.15) is 27.7 Å². The molecule has 0 amide bonds. The molecule has 17 heavy (non-hydrogen) atoms. The fourth-order valence-electron chi connectivity index (χ4n) is 1.58. The first-order valence-corrected chi connectivity index (χ1v) is 5.53. The van der Waals surface area contributed by atoms with E-state index < -0.39 is 5.79 Å². The molecule has 0 bridgehead atoms. The molecular weight excluding hydrogens is 220 g/mol. The second kappa shape index (κ2) is 5.38. The van der Waals surface area contributed by atoms with Crippen LogP contribution in [0, 0.1) is 0 Å². The number of allylic oxidation sites excluding steroid dienone is 2. The lowest BCUT2D eigenvalue weighted by Crippen LogP contribution is -2.20. The lowest BCUT2D eigenvalue weighted by atomic mass is 10.1. The third kappa shape index (κ3) is 4.63. The van der Waals surface area contributed by atoms with Crippen molar-refractivity contribution in [3.05, 3.63) is 24.3 Å². The van der Waals surface area contributed by atoms with Crippen LogP contribution < -0.4 is 0 Å².